The Labute approximate surface area is 80.9 Å². The summed E-state index contributed by atoms with van der Waals surface area (Å²) in [6, 6.07) is 0. The molecule has 2 aromatic heterocycles. The van der Waals surface area contributed by atoms with Gasteiger partial charge in [-0.3, -0.25) is 5.10 Å². The van der Waals surface area contributed by atoms with Crippen LogP contribution in [-0.2, 0) is 0 Å². The van der Waals surface area contributed by atoms with E-state index in [1.165, 1.54) is 0 Å². The molecule has 0 unspecified atom stereocenters. The van der Waals surface area contributed by atoms with E-state index < -0.39 is 0 Å². The first-order valence-corrected chi connectivity index (χ1v) is 4.44. The van der Waals surface area contributed by atoms with E-state index in [0.29, 0.717) is 17.0 Å². The molecule has 0 atom stereocenters. The van der Waals surface area contributed by atoms with Crippen LogP contribution in [0.2, 0.25) is 0 Å². The van der Waals surface area contributed by atoms with Gasteiger partial charge in [0.05, 0.1) is 5.69 Å². The summed E-state index contributed by atoms with van der Waals surface area (Å²) < 4.78 is 0. The highest BCUT2D eigenvalue weighted by molar-refractivity contribution is 5.82. The van der Waals surface area contributed by atoms with E-state index >= 15 is 0 Å². The van der Waals surface area contributed by atoms with Crippen molar-refractivity contribution in [3.8, 4) is 0 Å². The van der Waals surface area contributed by atoms with Gasteiger partial charge in [-0.15, -0.1) is 0 Å². The standard InChI is InChI=1S/C8H12N6/c1-3-10-7-4(2)11-5-6(9)13-14-8(5)12-7/h3H2,1-2H3,(H4,9,10,12,13,14). The highest BCUT2D eigenvalue weighted by Crippen LogP contribution is 2.17. The molecule has 14 heavy (non-hydrogen) atoms. The Hall–Kier alpha value is -1.85. The zero-order chi connectivity index (χ0) is 10.1. The number of nitrogens with zero attached hydrogens (tertiary/aromatic N) is 3. The average Bonchev–Trinajstić information content (AvgIpc) is 2.50. The third-order valence-corrected chi connectivity index (χ3v) is 1.94. The zero-order valence-electron chi connectivity index (χ0n) is 8.13. The molecule has 0 saturated heterocycles. The van der Waals surface area contributed by atoms with Crippen molar-refractivity contribution in [3.63, 3.8) is 0 Å². The van der Waals surface area contributed by atoms with Crippen LogP contribution in [0.5, 0.6) is 0 Å². The molecule has 0 aliphatic rings. The summed E-state index contributed by atoms with van der Waals surface area (Å²) in [5, 5.41) is 9.68. The van der Waals surface area contributed by atoms with Gasteiger partial charge in [-0.05, 0) is 13.8 Å². The Kier molecular flexibility index (Phi) is 1.95. The highest BCUT2D eigenvalue weighted by atomic mass is 15.2. The van der Waals surface area contributed by atoms with Crippen LogP contribution in [0.4, 0.5) is 11.6 Å². The van der Waals surface area contributed by atoms with E-state index in [0.717, 1.165) is 18.1 Å². The topological polar surface area (TPSA) is 92.5 Å². The maximum absolute atomic E-state index is 5.60. The van der Waals surface area contributed by atoms with Gasteiger partial charge in [-0.25, -0.2) is 9.97 Å². The summed E-state index contributed by atoms with van der Waals surface area (Å²) in [5.74, 6) is 1.15. The fourth-order valence-electron chi connectivity index (χ4n) is 1.28. The molecule has 6 heteroatoms. The minimum absolute atomic E-state index is 0.388. The first kappa shape index (κ1) is 8.74. The number of H-pyrrole nitrogens is 1. The molecule has 0 spiro atoms. The third kappa shape index (κ3) is 1.24. The maximum Gasteiger partial charge on any atom is 0.178 e. The third-order valence-electron chi connectivity index (χ3n) is 1.94. The number of aromatic nitrogens is 4. The van der Waals surface area contributed by atoms with Gasteiger partial charge in [0.15, 0.2) is 17.0 Å². The predicted molar refractivity (Wildman–Crippen MR) is 55.0 cm³/mol. The molecule has 4 N–H and O–H groups in total. The summed E-state index contributed by atoms with van der Waals surface area (Å²) >= 11 is 0. The van der Waals surface area contributed by atoms with Crippen LogP contribution in [0.1, 0.15) is 12.6 Å². The average molecular weight is 192 g/mol. The first-order chi connectivity index (χ1) is 6.72. The Bertz CT molecular complexity index is 460. The summed E-state index contributed by atoms with van der Waals surface area (Å²) in [7, 11) is 0. The van der Waals surface area contributed by atoms with Crippen LogP contribution in [0.15, 0.2) is 0 Å². The van der Waals surface area contributed by atoms with Gasteiger partial charge in [-0.1, -0.05) is 0 Å². The molecule has 2 rings (SSSR count). The summed E-state index contributed by atoms with van der Waals surface area (Å²) in [6.45, 7) is 4.70. The summed E-state index contributed by atoms with van der Waals surface area (Å²) in [4.78, 5) is 8.62. The maximum atomic E-state index is 5.60. The smallest absolute Gasteiger partial charge is 0.178 e. The Balaban J connectivity index is 2.60. The van der Waals surface area contributed by atoms with Crippen molar-refractivity contribution in [2.45, 2.75) is 13.8 Å². The van der Waals surface area contributed by atoms with Crippen molar-refractivity contribution in [1.82, 2.24) is 20.2 Å². The Morgan fingerprint density at radius 2 is 2.21 bits per heavy atom. The van der Waals surface area contributed by atoms with Crippen molar-refractivity contribution in [3.05, 3.63) is 5.69 Å². The molecule has 0 radical (unpaired) electrons. The molecule has 2 heterocycles. The Morgan fingerprint density at radius 1 is 1.43 bits per heavy atom. The number of anilines is 2. The SMILES string of the molecule is CCNc1nc2[nH]nc(N)c2nc1C. The van der Waals surface area contributed by atoms with Gasteiger partial charge in [0.1, 0.15) is 5.82 Å². The van der Waals surface area contributed by atoms with Crippen molar-refractivity contribution in [1.29, 1.82) is 0 Å². The molecule has 0 saturated carbocycles. The molecule has 74 valence electrons. The fourth-order valence-corrected chi connectivity index (χ4v) is 1.28. The lowest BCUT2D eigenvalue weighted by Crippen LogP contribution is -2.03. The van der Waals surface area contributed by atoms with E-state index in [1.807, 2.05) is 13.8 Å². The lowest BCUT2D eigenvalue weighted by molar-refractivity contribution is 1.08. The number of rotatable bonds is 2. The van der Waals surface area contributed by atoms with Gasteiger partial charge in [0, 0.05) is 6.54 Å². The van der Waals surface area contributed by atoms with Crippen LogP contribution in [0, 0.1) is 6.92 Å². The van der Waals surface area contributed by atoms with Crippen LogP contribution >= 0.6 is 0 Å². The van der Waals surface area contributed by atoms with Crippen molar-refractivity contribution < 1.29 is 0 Å². The minimum atomic E-state index is 0.388. The van der Waals surface area contributed by atoms with Gasteiger partial charge in [0.25, 0.3) is 0 Å². The van der Waals surface area contributed by atoms with Gasteiger partial charge >= 0.3 is 0 Å². The number of nitrogens with one attached hydrogen (secondary N) is 2. The quantitative estimate of drug-likeness (QED) is 0.650. The number of hydrogen-bond donors (Lipinski definition) is 3. The minimum Gasteiger partial charge on any atom is -0.380 e. The van der Waals surface area contributed by atoms with Crippen LogP contribution in [0.3, 0.4) is 0 Å². The molecular weight excluding hydrogens is 180 g/mol. The molecule has 0 aliphatic carbocycles. The Morgan fingerprint density at radius 3 is 2.93 bits per heavy atom. The van der Waals surface area contributed by atoms with Crippen molar-refractivity contribution >= 4 is 22.8 Å². The number of hydrogen-bond acceptors (Lipinski definition) is 5. The van der Waals surface area contributed by atoms with Crippen LogP contribution in [0.25, 0.3) is 11.2 Å². The molecule has 0 amide bonds. The van der Waals surface area contributed by atoms with Gasteiger partial charge in [-0.2, -0.15) is 5.10 Å². The lowest BCUT2D eigenvalue weighted by Gasteiger charge is -2.04. The normalized spacial score (nSPS) is 10.7. The monoisotopic (exact) mass is 192 g/mol. The summed E-state index contributed by atoms with van der Waals surface area (Å²) in [6.07, 6.45) is 0. The molecule has 2 aromatic rings. The van der Waals surface area contributed by atoms with Crippen molar-refractivity contribution in [2.24, 2.45) is 0 Å². The first-order valence-electron chi connectivity index (χ1n) is 4.44. The largest absolute Gasteiger partial charge is 0.380 e. The molecule has 0 bridgehead atoms. The van der Waals surface area contributed by atoms with E-state index in [-0.39, 0.29) is 0 Å². The van der Waals surface area contributed by atoms with Gasteiger partial charge < -0.3 is 11.1 Å². The van der Waals surface area contributed by atoms with Crippen molar-refractivity contribution in [2.75, 3.05) is 17.6 Å². The number of aromatic amines is 1. The van der Waals surface area contributed by atoms with E-state index in [1.54, 1.807) is 0 Å². The number of fused-ring (bicyclic) bond motifs is 1. The molecule has 6 nitrogen and oxygen atoms in total. The van der Waals surface area contributed by atoms with Crippen LogP contribution < -0.4 is 11.1 Å². The highest BCUT2D eigenvalue weighted by Gasteiger charge is 2.08. The molecule has 0 fully saturated rings. The van der Waals surface area contributed by atoms with E-state index in [9.17, 15) is 0 Å². The zero-order valence-corrected chi connectivity index (χ0v) is 8.13. The molecule has 0 aromatic carbocycles. The fraction of sp³-hybridized carbons (Fsp3) is 0.375. The predicted octanol–water partition coefficient (Wildman–Crippen LogP) is 0.675. The van der Waals surface area contributed by atoms with Crippen LogP contribution in [-0.4, -0.2) is 26.7 Å². The second-order valence-corrected chi connectivity index (χ2v) is 2.99. The van der Waals surface area contributed by atoms with Gasteiger partial charge in [0.2, 0.25) is 0 Å². The second-order valence-electron chi connectivity index (χ2n) is 2.99. The summed E-state index contributed by atoms with van der Waals surface area (Å²) in [5.41, 5.74) is 7.67. The lowest BCUT2D eigenvalue weighted by atomic mass is 10.4. The number of aryl methyl sites for hydroxylation is 1. The molecular formula is C8H12N6. The number of nitrogen functional groups attached to an aromatic ring is 1. The second kappa shape index (κ2) is 3.13. The van der Waals surface area contributed by atoms with E-state index in [2.05, 4.69) is 25.5 Å². The number of nitrogens with two attached hydrogens (primary N) is 1. The van der Waals surface area contributed by atoms with E-state index in [4.69, 9.17) is 5.73 Å². The molecule has 0 aliphatic heterocycles.